The summed E-state index contributed by atoms with van der Waals surface area (Å²) >= 11 is 3.33. The van der Waals surface area contributed by atoms with Gasteiger partial charge in [0.2, 0.25) is 0 Å². The van der Waals surface area contributed by atoms with Crippen LogP contribution in [0.3, 0.4) is 0 Å². The predicted octanol–water partition coefficient (Wildman–Crippen LogP) is 2.15. The van der Waals surface area contributed by atoms with Crippen molar-refractivity contribution in [2.45, 2.75) is 13.3 Å². The van der Waals surface area contributed by atoms with Gasteiger partial charge >= 0.3 is 5.97 Å². The van der Waals surface area contributed by atoms with E-state index in [0.717, 1.165) is 4.47 Å². The van der Waals surface area contributed by atoms with E-state index in [-0.39, 0.29) is 12.4 Å². The zero-order chi connectivity index (χ0) is 12.1. The SMILES string of the molecule is CCOC(=O)Cc1cc(N)cc(Br)c1OC. The minimum Gasteiger partial charge on any atom is -0.495 e. The van der Waals surface area contributed by atoms with Crippen molar-refractivity contribution in [3.63, 3.8) is 0 Å². The Labute approximate surface area is 103 Å². The predicted molar refractivity (Wildman–Crippen MR) is 65.4 cm³/mol. The number of halogens is 1. The summed E-state index contributed by atoms with van der Waals surface area (Å²) in [7, 11) is 1.55. The molecule has 0 saturated heterocycles. The molecule has 5 heteroatoms. The van der Waals surface area contributed by atoms with Gasteiger partial charge in [0.1, 0.15) is 5.75 Å². The molecule has 1 rings (SSSR count). The fourth-order valence-corrected chi connectivity index (χ4v) is 2.08. The second kappa shape index (κ2) is 5.75. The van der Waals surface area contributed by atoms with E-state index >= 15 is 0 Å². The van der Waals surface area contributed by atoms with Gasteiger partial charge in [-0.05, 0) is 35.0 Å². The summed E-state index contributed by atoms with van der Waals surface area (Å²) < 4.78 is 10.8. The van der Waals surface area contributed by atoms with Crippen molar-refractivity contribution in [3.05, 3.63) is 22.2 Å². The number of esters is 1. The maximum absolute atomic E-state index is 11.4. The number of nitrogens with two attached hydrogens (primary N) is 1. The topological polar surface area (TPSA) is 61.5 Å². The Hall–Kier alpha value is -1.23. The molecule has 0 aliphatic carbocycles. The Balaban J connectivity index is 2.97. The summed E-state index contributed by atoms with van der Waals surface area (Å²) in [6.07, 6.45) is 0.153. The molecule has 0 radical (unpaired) electrons. The number of anilines is 1. The van der Waals surface area contributed by atoms with E-state index in [9.17, 15) is 4.79 Å². The Kier molecular flexibility index (Phi) is 4.61. The van der Waals surface area contributed by atoms with Crippen LogP contribution < -0.4 is 10.5 Å². The second-order valence-electron chi connectivity index (χ2n) is 3.18. The maximum Gasteiger partial charge on any atom is 0.310 e. The van der Waals surface area contributed by atoms with E-state index in [1.807, 2.05) is 0 Å². The van der Waals surface area contributed by atoms with Crippen LogP contribution in [-0.2, 0) is 16.0 Å². The average Bonchev–Trinajstić information content (AvgIpc) is 2.17. The molecule has 0 atom stereocenters. The van der Waals surface area contributed by atoms with Crippen LogP contribution in [0.25, 0.3) is 0 Å². The molecular weight excluding hydrogens is 274 g/mol. The largest absolute Gasteiger partial charge is 0.495 e. The third-order valence-corrected chi connectivity index (χ3v) is 2.58. The number of nitrogen functional groups attached to an aromatic ring is 1. The Morgan fingerprint density at radius 1 is 1.50 bits per heavy atom. The minimum absolute atomic E-state index is 0.153. The summed E-state index contributed by atoms with van der Waals surface area (Å²) in [4.78, 5) is 11.4. The standard InChI is InChI=1S/C11H14BrNO3/c1-3-16-10(14)5-7-4-8(13)6-9(12)11(7)15-2/h4,6H,3,5,13H2,1-2H3. The third kappa shape index (κ3) is 3.13. The highest BCUT2D eigenvalue weighted by Gasteiger charge is 2.13. The lowest BCUT2D eigenvalue weighted by atomic mass is 10.1. The first kappa shape index (κ1) is 12.8. The van der Waals surface area contributed by atoms with Crippen molar-refractivity contribution in [1.82, 2.24) is 0 Å². The first-order valence-corrected chi connectivity index (χ1v) is 5.65. The van der Waals surface area contributed by atoms with E-state index in [1.54, 1.807) is 26.2 Å². The fraction of sp³-hybridized carbons (Fsp3) is 0.364. The van der Waals surface area contributed by atoms with Crippen molar-refractivity contribution in [2.24, 2.45) is 0 Å². The number of rotatable bonds is 4. The highest BCUT2D eigenvalue weighted by Crippen LogP contribution is 2.32. The molecule has 0 aromatic heterocycles. The number of hydrogen-bond donors (Lipinski definition) is 1. The fourth-order valence-electron chi connectivity index (χ4n) is 1.40. The average molecular weight is 288 g/mol. The molecule has 0 bridgehead atoms. The van der Waals surface area contributed by atoms with Crippen LogP contribution in [0.1, 0.15) is 12.5 Å². The third-order valence-electron chi connectivity index (χ3n) is 1.99. The summed E-state index contributed by atoms with van der Waals surface area (Å²) in [5.74, 6) is 0.320. The van der Waals surface area contributed by atoms with Crippen LogP contribution in [-0.4, -0.2) is 19.7 Å². The van der Waals surface area contributed by atoms with Crippen LogP contribution in [0, 0.1) is 0 Å². The lowest BCUT2D eigenvalue weighted by Crippen LogP contribution is -2.09. The Bertz CT molecular complexity index is 393. The second-order valence-corrected chi connectivity index (χ2v) is 4.03. The van der Waals surface area contributed by atoms with Gasteiger partial charge in [-0.3, -0.25) is 4.79 Å². The zero-order valence-corrected chi connectivity index (χ0v) is 10.8. The maximum atomic E-state index is 11.4. The smallest absolute Gasteiger partial charge is 0.310 e. The summed E-state index contributed by atoms with van der Waals surface area (Å²) in [6.45, 7) is 2.13. The van der Waals surface area contributed by atoms with Gasteiger partial charge in [-0.1, -0.05) is 0 Å². The number of carbonyl (C=O) groups is 1. The molecule has 0 fully saturated rings. The van der Waals surface area contributed by atoms with Crippen molar-refractivity contribution in [1.29, 1.82) is 0 Å². The molecular formula is C11H14BrNO3. The van der Waals surface area contributed by atoms with Gasteiger partial charge < -0.3 is 15.2 Å². The lowest BCUT2D eigenvalue weighted by molar-refractivity contribution is -0.142. The van der Waals surface area contributed by atoms with Crippen molar-refractivity contribution >= 4 is 27.6 Å². The molecule has 1 aromatic carbocycles. The summed E-state index contributed by atoms with van der Waals surface area (Å²) in [5.41, 5.74) is 6.99. The van der Waals surface area contributed by atoms with Crippen LogP contribution in [0.2, 0.25) is 0 Å². The number of carbonyl (C=O) groups excluding carboxylic acids is 1. The monoisotopic (exact) mass is 287 g/mol. The van der Waals surface area contributed by atoms with Gasteiger partial charge in [0, 0.05) is 11.3 Å². The lowest BCUT2D eigenvalue weighted by Gasteiger charge is -2.11. The van der Waals surface area contributed by atoms with Gasteiger partial charge in [-0.15, -0.1) is 0 Å². The van der Waals surface area contributed by atoms with Gasteiger partial charge in [-0.25, -0.2) is 0 Å². The number of methoxy groups -OCH3 is 1. The molecule has 0 spiro atoms. The molecule has 0 saturated carbocycles. The van der Waals surface area contributed by atoms with E-state index < -0.39 is 0 Å². The summed E-state index contributed by atoms with van der Waals surface area (Å²) in [5, 5.41) is 0. The highest BCUT2D eigenvalue weighted by atomic mass is 79.9. The van der Waals surface area contributed by atoms with Gasteiger partial charge in [-0.2, -0.15) is 0 Å². The molecule has 0 unspecified atom stereocenters. The van der Waals surface area contributed by atoms with E-state index in [2.05, 4.69) is 15.9 Å². The first-order chi connectivity index (χ1) is 7.58. The van der Waals surface area contributed by atoms with Gasteiger partial charge in [0.25, 0.3) is 0 Å². The Morgan fingerprint density at radius 2 is 2.19 bits per heavy atom. The molecule has 88 valence electrons. The van der Waals surface area contributed by atoms with Crippen molar-refractivity contribution < 1.29 is 14.3 Å². The van der Waals surface area contributed by atoms with Crippen molar-refractivity contribution in [3.8, 4) is 5.75 Å². The zero-order valence-electron chi connectivity index (χ0n) is 9.25. The molecule has 2 N–H and O–H groups in total. The van der Waals surface area contributed by atoms with Crippen LogP contribution in [0.15, 0.2) is 16.6 Å². The highest BCUT2D eigenvalue weighted by molar-refractivity contribution is 9.10. The summed E-state index contributed by atoms with van der Waals surface area (Å²) in [6, 6.07) is 3.44. The van der Waals surface area contributed by atoms with E-state index in [4.69, 9.17) is 15.2 Å². The quantitative estimate of drug-likeness (QED) is 0.681. The van der Waals surface area contributed by atoms with E-state index in [0.29, 0.717) is 23.6 Å². The molecule has 0 amide bonds. The normalized spacial score (nSPS) is 9.94. The molecule has 0 heterocycles. The van der Waals surface area contributed by atoms with Gasteiger partial charge in [0.15, 0.2) is 0 Å². The molecule has 0 aliphatic heterocycles. The first-order valence-electron chi connectivity index (χ1n) is 4.86. The number of benzene rings is 1. The van der Waals surface area contributed by atoms with Crippen LogP contribution in [0.4, 0.5) is 5.69 Å². The molecule has 1 aromatic rings. The minimum atomic E-state index is -0.293. The Morgan fingerprint density at radius 3 is 2.75 bits per heavy atom. The van der Waals surface area contributed by atoms with Crippen LogP contribution in [0.5, 0.6) is 5.75 Å². The number of ether oxygens (including phenoxy) is 2. The van der Waals surface area contributed by atoms with E-state index in [1.165, 1.54) is 0 Å². The van der Waals surface area contributed by atoms with Crippen LogP contribution >= 0.6 is 15.9 Å². The number of hydrogen-bond acceptors (Lipinski definition) is 4. The molecule has 16 heavy (non-hydrogen) atoms. The molecule has 4 nitrogen and oxygen atoms in total. The van der Waals surface area contributed by atoms with Crippen molar-refractivity contribution in [2.75, 3.05) is 19.5 Å². The molecule has 0 aliphatic rings. The van der Waals surface area contributed by atoms with Gasteiger partial charge in [0.05, 0.1) is 24.6 Å².